The highest BCUT2D eigenvalue weighted by Crippen LogP contribution is 2.31. The number of benzene rings is 1. The number of halogens is 4. The number of hydrogen-bond acceptors (Lipinski definition) is 2. The lowest BCUT2D eigenvalue weighted by molar-refractivity contribution is -0.167. The van der Waals surface area contributed by atoms with Crippen LogP contribution in [0.2, 0.25) is 4.34 Å². The number of carbonyl (C=O) groups excluding carboxylic acids is 1. The van der Waals surface area contributed by atoms with E-state index in [0.717, 1.165) is 10.4 Å². The third kappa shape index (κ3) is 3.48. The van der Waals surface area contributed by atoms with Gasteiger partial charge < -0.3 is 5.32 Å². The molecular formula is C12H7ClF3NOS. The van der Waals surface area contributed by atoms with Crippen LogP contribution in [0, 0.1) is 0 Å². The van der Waals surface area contributed by atoms with Crippen LogP contribution < -0.4 is 5.32 Å². The van der Waals surface area contributed by atoms with Gasteiger partial charge in [0.2, 0.25) is 0 Å². The van der Waals surface area contributed by atoms with E-state index < -0.39 is 12.1 Å². The highest BCUT2D eigenvalue weighted by molar-refractivity contribution is 7.19. The molecule has 0 spiro atoms. The maximum Gasteiger partial charge on any atom is 0.471 e. The average Bonchev–Trinajstić information content (AvgIpc) is 2.75. The summed E-state index contributed by atoms with van der Waals surface area (Å²) in [5, 5.41) is 1.78. The van der Waals surface area contributed by atoms with Gasteiger partial charge in [0.15, 0.2) is 0 Å². The minimum absolute atomic E-state index is 0.0914. The lowest BCUT2D eigenvalue weighted by atomic mass is 10.2. The third-order valence-corrected chi connectivity index (χ3v) is 3.54. The monoisotopic (exact) mass is 305 g/mol. The van der Waals surface area contributed by atoms with Gasteiger partial charge in [-0.15, -0.1) is 11.3 Å². The van der Waals surface area contributed by atoms with Crippen molar-refractivity contribution in [3.63, 3.8) is 0 Å². The van der Waals surface area contributed by atoms with Gasteiger partial charge >= 0.3 is 12.1 Å². The summed E-state index contributed by atoms with van der Waals surface area (Å²) in [6.45, 7) is 0. The fourth-order valence-corrected chi connectivity index (χ4v) is 2.44. The minimum atomic E-state index is -4.89. The Hall–Kier alpha value is -1.53. The molecule has 0 fully saturated rings. The molecule has 1 N–H and O–H groups in total. The van der Waals surface area contributed by atoms with Crippen molar-refractivity contribution in [3.05, 3.63) is 40.7 Å². The van der Waals surface area contributed by atoms with Crippen LogP contribution in [-0.2, 0) is 4.79 Å². The van der Waals surface area contributed by atoms with Gasteiger partial charge in [0.25, 0.3) is 0 Å². The maximum atomic E-state index is 12.1. The Kier molecular flexibility index (Phi) is 3.82. The fraction of sp³-hybridized carbons (Fsp3) is 0.0833. The highest BCUT2D eigenvalue weighted by atomic mass is 35.5. The van der Waals surface area contributed by atoms with Gasteiger partial charge in [0.1, 0.15) is 0 Å². The number of hydrogen-bond donors (Lipinski definition) is 1. The van der Waals surface area contributed by atoms with Crippen LogP contribution in [-0.4, -0.2) is 12.1 Å². The summed E-state index contributed by atoms with van der Waals surface area (Å²) < 4.78 is 36.8. The summed E-state index contributed by atoms with van der Waals surface area (Å²) in [5.74, 6) is -1.99. The molecule has 19 heavy (non-hydrogen) atoms. The minimum Gasteiger partial charge on any atom is -0.318 e. The zero-order valence-electron chi connectivity index (χ0n) is 9.29. The molecule has 2 aromatic rings. The van der Waals surface area contributed by atoms with Crippen molar-refractivity contribution in [2.24, 2.45) is 0 Å². The molecule has 1 heterocycles. The molecule has 0 saturated carbocycles. The van der Waals surface area contributed by atoms with E-state index in [4.69, 9.17) is 11.6 Å². The van der Waals surface area contributed by atoms with Crippen LogP contribution >= 0.6 is 22.9 Å². The Morgan fingerprint density at radius 2 is 1.74 bits per heavy atom. The number of carbonyl (C=O) groups is 1. The Labute approximate surface area is 115 Å². The van der Waals surface area contributed by atoms with E-state index in [0.29, 0.717) is 4.34 Å². The quantitative estimate of drug-likeness (QED) is 0.865. The summed E-state index contributed by atoms with van der Waals surface area (Å²) >= 11 is 7.16. The van der Waals surface area contributed by atoms with Crippen LogP contribution in [0.1, 0.15) is 0 Å². The smallest absolute Gasteiger partial charge is 0.318 e. The lowest BCUT2D eigenvalue weighted by Gasteiger charge is -2.08. The summed E-state index contributed by atoms with van der Waals surface area (Å²) in [7, 11) is 0. The van der Waals surface area contributed by atoms with Crippen LogP contribution in [0.25, 0.3) is 10.4 Å². The number of anilines is 1. The molecule has 0 unspecified atom stereocenters. The summed E-state index contributed by atoms with van der Waals surface area (Å²) in [4.78, 5) is 11.6. The predicted molar refractivity (Wildman–Crippen MR) is 69.4 cm³/mol. The molecular weight excluding hydrogens is 299 g/mol. The molecule has 100 valence electrons. The van der Waals surface area contributed by atoms with Crippen LogP contribution in [0.4, 0.5) is 18.9 Å². The molecule has 0 aliphatic carbocycles. The van der Waals surface area contributed by atoms with E-state index in [-0.39, 0.29) is 5.69 Å². The molecule has 0 atom stereocenters. The normalized spacial score (nSPS) is 11.4. The van der Waals surface area contributed by atoms with Gasteiger partial charge in [0.05, 0.1) is 4.34 Å². The molecule has 1 aromatic heterocycles. The topological polar surface area (TPSA) is 29.1 Å². The summed E-state index contributed by atoms with van der Waals surface area (Å²) in [6, 6.07) is 9.61. The molecule has 0 aliphatic rings. The van der Waals surface area contributed by atoms with Gasteiger partial charge in [-0.2, -0.15) is 13.2 Å². The Morgan fingerprint density at radius 3 is 2.21 bits per heavy atom. The van der Waals surface area contributed by atoms with Crippen LogP contribution in [0.5, 0.6) is 0 Å². The number of amides is 1. The van der Waals surface area contributed by atoms with Gasteiger partial charge in [-0.05, 0) is 29.8 Å². The first kappa shape index (κ1) is 13.9. The highest BCUT2D eigenvalue weighted by Gasteiger charge is 2.38. The molecule has 0 saturated heterocycles. The average molecular weight is 306 g/mol. The number of alkyl halides is 3. The van der Waals surface area contributed by atoms with Crippen molar-refractivity contribution < 1.29 is 18.0 Å². The molecule has 0 radical (unpaired) electrons. The zero-order chi connectivity index (χ0) is 14.0. The first-order valence-electron chi connectivity index (χ1n) is 5.10. The van der Waals surface area contributed by atoms with Gasteiger partial charge in [0, 0.05) is 10.6 Å². The van der Waals surface area contributed by atoms with E-state index in [9.17, 15) is 18.0 Å². The molecule has 2 rings (SSSR count). The van der Waals surface area contributed by atoms with Crippen LogP contribution in [0.3, 0.4) is 0 Å². The maximum absolute atomic E-state index is 12.1. The van der Waals surface area contributed by atoms with Crippen molar-refractivity contribution in [2.75, 3.05) is 5.32 Å². The first-order chi connectivity index (χ1) is 8.86. The molecule has 1 aromatic carbocycles. The largest absolute Gasteiger partial charge is 0.471 e. The second kappa shape index (κ2) is 5.22. The van der Waals surface area contributed by atoms with Gasteiger partial charge in [-0.3, -0.25) is 4.79 Å². The molecule has 0 bridgehead atoms. The van der Waals surface area contributed by atoms with Crippen molar-refractivity contribution in [3.8, 4) is 10.4 Å². The first-order valence-corrected chi connectivity index (χ1v) is 6.29. The third-order valence-electron chi connectivity index (χ3n) is 2.26. The standard InChI is InChI=1S/C12H7ClF3NOS/c13-10-6-5-9(19-10)7-1-3-8(4-2-7)17-11(18)12(14,15)16/h1-6H,(H,17,18). The van der Waals surface area contributed by atoms with E-state index in [2.05, 4.69) is 0 Å². The predicted octanol–water partition coefficient (Wildman–Crippen LogP) is 4.57. The molecule has 0 aliphatic heterocycles. The number of nitrogens with one attached hydrogen (secondary N) is 1. The van der Waals surface area contributed by atoms with Crippen molar-refractivity contribution in [1.29, 1.82) is 0 Å². The fourth-order valence-electron chi connectivity index (χ4n) is 1.39. The van der Waals surface area contributed by atoms with E-state index in [1.54, 1.807) is 23.5 Å². The Balaban J connectivity index is 2.13. The van der Waals surface area contributed by atoms with Crippen LogP contribution in [0.15, 0.2) is 36.4 Å². The van der Waals surface area contributed by atoms with Gasteiger partial charge in [-0.25, -0.2) is 0 Å². The number of thiophene rings is 1. The van der Waals surface area contributed by atoms with E-state index in [1.807, 2.05) is 6.07 Å². The van der Waals surface area contributed by atoms with E-state index >= 15 is 0 Å². The molecule has 1 amide bonds. The Bertz CT molecular complexity index is 592. The molecule has 2 nitrogen and oxygen atoms in total. The number of rotatable bonds is 2. The second-order valence-corrected chi connectivity index (χ2v) is 5.35. The van der Waals surface area contributed by atoms with Crippen molar-refractivity contribution in [1.82, 2.24) is 0 Å². The SMILES string of the molecule is O=C(Nc1ccc(-c2ccc(Cl)s2)cc1)C(F)(F)F. The summed E-state index contributed by atoms with van der Waals surface area (Å²) in [5.41, 5.74) is 0.913. The zero-order valence-corrected chi connectivity index (χ0v) is 10.9. The Morgan fingerprint density at radius 1 is 1.11 bits per heavy atom. The van der Waals surface area contributed by atoms with Crippen molar-refractivity contribution in [2.45, 2.75) is 6.18 Å². The summed E-state index contributed by atoms with van der Waals surface area (Å²) in [6.07, 6.45) is -4.89. The van der Waals surface area contributed by atoms with E-state index in [1.165, 1.54) is 23.5 Å². The molecule has 7 heteroatoms. The lowest BCUT2D eigenvalue weighted by Crippen LogP contribution is -2.29. The van der Waals surface area contributed by atoms with Gasteiger partial charge in [-0.1, -0.05) is 23.7 Å². The second-order valence-electron chi connectivity index (χ2n) is 3.63. The van der Waals surface area contributed by atoms with Crippen molar-refractivity contribution >= 4 is 34.5 Å².